The number of halogens is 1. The minimum Gasteiger partial charge on any atom is -0.494 e. The molecule has 0 radical (unpaired) electrons. The largest absolute Gasteiger partial charge is 0.494 e. The number of hydrogen-bond donors (Lipinski definition) is 1. The van der Waals surface area contributed by atoms with Crippen LogP contribution in [0.4, 0.5) is 5.69 Å². The molecule has 2 rings (SSSR count). The Morgan fingerprint density at radius 3 is 2.30 bits per heavy atom. The Kier molecular flexibility index (Phi) is 7.87. The number of rotatable bonds is 8. The second kappa shape index (κ2) is 9.66. The molecule has 0 aromatic heterocycles. The van der Waals surface area contributed by atoms with E-state index in [0.717, 1.165) is 17.7 Å². The van der Waals surface area contributed by atoms with Gasteiger partial charge in [-0.3, -0.25) is 10.1 Å². The van der Waals surface area contributed by atoms with Crippen LogP contribution in [-0.4, -0.2) is 18.1 Å². The van der Waals surface area contributed by atoms with E-state index in [1.54, 1.807) is 24.3 Å². The fourth-order valence-electron chi connectivity index (χ4n) is 1.83. The number of ether oxygens (including phenoxy) is 2. The van der Waals surface area contributed by atoms with Crippen molar-refractivity contribution >= 4 is 18.1 Å². The minimum atomic E-state index is -0.420. The molecular formula is C16H19ClN2O4. The van der Waals surface area contributed by atoms with Crippen molar-refractivity contribution in [3.63, 3.8) is 0 Å². The van der Waals surface area contributed by atoms with Gasteiger partial charge in [0, 0.05) is 12.1 Å². The average Bonchev–Trinajstić information content (AvgIpc) is 2.54. The molecule has 2 N–H and O–H groups in total. The van der Waals surface area contributed by atoms with E-state index < -0.39 is 4.92 Å². The summed E-state index contributed by atoms with van der Waals surface area (Å²) in [6.07, 6.45) is 0.811. The number of nitrogens with zero attached hydrogens (tertiary/aromatic N) is 1. The number of hydrogen-bond acceptors (Lipinski definition) is 5. The predicted molar refractivity (Wildman–Crippen MR) is 90.3 cm³/mol. The van der Waals surface area contributed by atoms with Gasteiger partial charge in [-0.15, -0.1) is 12.4 Å². The normalized spacial score (nSPS) is 9.78. The van der Waals surface area contributed by atoms with Gasteiger partial charge in [0.2, 0.25) is 0 Å². The van der Waals surface area contributed by atoms with E-state index in [0.29, 0.717) is 18.9 Å². The highest BCUT2D eigenvalue weighted by Gasteiger charge is 2.06. The maximum absolute atomic E-state index is 10.7. The molecule has 7 heteroatoms. The molecule has 0 atom stereocenters. The number of nitrogens with two attached hydrogens (primary N) is 1. The summed E-state index contributed by atoms with van der Waals surface area (Å²) in [4.78, 5) is 10.3. The van der Waals surface area contributed by atoms with Gasteiger partial charge >= 0.3 is 0 Å². The van der Waals surface area contributed by atoms with E-state index in [2.05, 4.69) is 0 Å². The van der Waals surface area contributed by atoms with Gasteiger partial charge in [0.1, 0.15) is 18.1 Å². The van der Waals surface area contributed by atoms with E-state index in [-0.39, 0.29) is 24.7 Å². The van der Waals surface area contributed by atoms with Crippen LogP contribution >= 0.6 is 12.4 Å². The lowest BCUT2D eigenvalue weighted by Gasteiger charge is -2.08. The van der Waals surface area contributed by atoms with Crippen molar-refractivity contribution in [2.24, 2.45) is 5.73 Å². The lowest BCUT2D eigenvalue weighted by molar-refractivity contribution is -0.384. The van der Waals surface area contributed by atoms with Crippen LogP contribution in [-0.2, 0) is 6.61 Å². The summed E-state index contributed by atoms with van der Waals surface area (Å²) in [5.74, 6) is 1.44. The maximum atomic E-state index is 10.7. The van der Waals surface area contributed by atoms with Crippen molar-refractivity contribution < 1.29 is 14.4 Å². The SMILES string of the molecule is Cl.NCCCOc1ccc(OCc2cccc([N+](=O)[O-])c2)cc1. The van der Waals surface area contributed by atoms with E-state index in [4.69, 9.17) is 15.2 Å². The Balaban J connectivity index is 0.00000264. The summed E-state index contributed by atoms with van der Waals surface area (Å²) >= 11 is 0. The van der Waals surface area contributed by atoms with Crippen LogP contribution in [0.5, 0.6) is 11.5 Å². The fourth-order valence-corrected chi connectivity index (χ4v) is 1.83. The Labute approximate surface area is 140 Å². The van der Waals surface area contributed by atoms with Crippen LogP contribution in [0.1, 0.15) is 12.0 Å². The van der Waals surface area contributed by atoms with Crippen LogP contribution in [0.25, 0.3) is 0 Å². The van der Waals surface area contributed by atoms with Gasteiger partial charge in [0.15, 0.2) is 0 Å². The van der Waals surface area contributed by atoms with E-state index in [9.17, 15) is 10.1 Å². The van der Waals surface area contributed by atoms with Crippen molar-refractivity contribution in [1.82, 2.24) is 0 Å². The summed E-state index contributed by atoms with van der Waals surface area (Å²) in [5, 5.41) is 10.7. The quantitative estimate of drug-likeness (QED) is 0.453. The molecule has 2 aromatic carbocycles. The third kappa shape index (κ3) is 6.14. The first-order chi connectivity index (χ1) is 10.7. The average molecular weight is 339 g/mol. The Morgan fingerprint density at radius 1 is 1.04 bits per heavy atom. The van der Waals surface area contributed by atoms with Gasteiger partial charge in [-0.25, -0.2) is 0 Å². The zero-order valence-electron chi connectivity index (χ0n) is 12.5. The van der Waals surface area contributed by atoms with Gasteiger partial charge < -0.3 is 15.2 Å². The van der Waals surface area contributed by atoms with Crippen molar-refractivity contribution in [2.75, 3.05) is 13.2 Å². The molecular weight excluding hydrogens is 320 g/mol. The lowest BCUT2D eigenvalue weighted by atomic mass is 10.2. The highest BCUT2D eigenvalue weighted by molar-refractivity contribution is 5.85. The van der Waals surface area contributed by atoms with E-state index in [1.807, 2.05) is 12.1 Å². The van der Waals surface area contributed by atoms with Crippen molar-refractivity contribution in [3.05, 3.63) is 64.2 Å². The summed E-state index contributed by atoms with van der Waals surface area (Å²) in [6, 6.07) is 13.6. The Hall–Kier alpha value is -2.31. The standard InChI is InChI=1S/C16H18N2O4.ClH/c17-9-2-10-21-15-5-7-16(8-6-15)22-12-13-3-1-4-14(11-13)18(19)20;/h1,3-8,11H,2,9-10,12,17H2;1H. The van der Waals surface area contributed by atoms with Crippen LogP contribution < -0.4 is 15.2 Å². The smallest absolute Gasteiger partial charge is 0.269 e. The molecule has 0 aliphatic rings. The number of nitro groups is 1. The van der Waals surface area contributed by atoms with Crippen LogP contribution in [0.2, 0.25) is 0 Å². The highest BCUT2D eigenvalue weighted by atomic mass is 35.5. The molecule has 0 heterocycles. The number of benzene rings is 2. The van der Waals surface area contributed by atoms with Crippen LogP contribution in [0.15, 0.2) is 48.5 Å². The van der Waals surface area contributed by atoms with E-state index in [1.165, 1.54) is 12.1 Å². The predicted octanol–water partition coefficient (Wildman–Crippen LogP) is 3.32. The first kappa shape index (κ1) is 18.7. The van der Waals surface area contributed by atoms with Crippen molar-refractivity contribution in [2.45, 2.75) is 13.0 Å². The molecule has 6 nitrogen and oxygen atoms in total. The first-order valence-corrected chi connectivity index (χ1v) is 6.98. The summed E-state index contributed by atoms with van der Waals surface area (Å²) in [7, 11) is 0. The van der Waals surface area contributed by atoms with Gasteiger partial charge in [-0.05, 0) is 42.8 Å². The topological polar surface area (TPSA) is 87.6 Å². The molecule has 0 saturated carbocycles. The first-order valence-electron chi connectivity index (χ1n) is 6.98. The van der Waals surface area contributed by atoms with Crippen LogP contribution in [0, 0.1) is 10.1 Å². The second-order valence-corrected chi connectivity index (χ2v) is 4.68. The zero-order valence-corrected chi connectivity index (χ0v) is 13.3. The van der Waals surface area contributed by atoms with Crippen molar-refractivity contribution in [3.8, 4) is 11.5 Å². The molecule has 0 unspecified atom stereocenters. The molecule has 0 amide bonds. The molecule has 2 aromatic rings. The molecule has 0 spiro atoms. The molecule has 0 aliphatic carbocycles. The van der Waals surface area contributed by atoms with Crippen molar-refractivity contribution in [1.29, 1.82) is 0 Å². The van der Waals surface area contributed by atoms with Gasteiger partial charge in [0.05, 0.1) is 11.5 Å². The second-order valence-electron chi connectivity index (χ2n) is 4.68. The molecule has 0 aliphatic heterocycles. The van der Waals surface area contributed by atoms with Gasteiger partial charge in [-0.2, -0.15) is 0 Å². The summed E-state index contributed by atoms with van der Waals surface area (Å²) in [6.45, 7) is 1.46. The molecule has 0 fully saturated rings. The third-order valence-corrected chi connectivity index (χ3v) is 2.97. The zero-order chi connectivity index (χ0) is 15.8. The number of nitro benzene ring substituents is 1. The minimum absolute atomic E-state index is 0. The lowest BCUT2D eigenvalue weighted by Crippen LogP contribution is -2.06. The maximum Gasteiger partial charge on any atom is 0.269 e. The van der Waals surface area contributed by atoms with Gasteiger partial charge in [0.25, 0.3) is 5.69 Å². The van der Waals surface area contributed by atoms with Gasteiger partial charge in [-0.1, -0.05) is 12.1 Å². The van der Waals surface area contributed by atoms with Crippen LogP contribution in [0.3, 0.4) is 0 Å². The molecule has 0 bridgehead atoms. The monoisotopic (exact) mass is 338 g/mol. The Morgan fingerprint density at radius 2 is 1.70 bits per heavy atom. The third-order valence-electron chi connectivity index (χ3n) is 2.97. The summed E-state index contributed by atoms with van der Waals surface area (Å²) < 4.78 is 11.1. The van der Waals surface area contributed by atoms with E-state index >= 15 is 0 Å². The molecule has 23 heavy (non-hydrogen) atoms. The molecule has 0 saturated heterocycles. The molecule has 124 valence electrons. The highest BCUT2D eigenvalue weighted by Crippen LogP contribution is 2.20. The fraction of sp³-hybridized carbons (Fsp3) is 0.250. The Bertz CT molecular complexity index is 620. The number of non-ortho nitro benzene ring substituents is 1. The summed E-state index contributed by atoms with van der Waals surface area (Å²) in [5.41, 5.74) is 6.21.